The highest BCUT2D eigenvalue weighted by molar-refractivity contribution is 7.89. The average molecular weight is 338 g/mol. The van der Waals surface area contributed by atoms with Crippen molar-refractivity contribution < 1.29 is 27.4 Å². The Morgan fingerprint density at radius 3 is 2.62 bits per heavy atom. The lowest BCUT2D eigenvalue weighted by Crippen LogP contribution is -2.48. The van der Waals surface area contributed by atoms with E-state index in [0.29, 0.717) is 19.3 Å². The number of carboxylic acid groups (broad SMARTS) is 1. The summed E-state index contributed by atoms with van der Waals surface area (Å²) in [6.45, 7) is 2.79. The van der Waals surface area contributed by atoms with Crippen LogP contribution in [0.15, 0.2) is 17.0 Å². The third-order valence-electron chi connectivity index (χ3n) is 3.13. The number of carboxylic acids is 1. The fraction of sp³-hybridized carbons (Fsp3) is 0.417. The van der Waals surface area contributed by atoms with Gasteiger partial charge < -0.3 is 9.84 Å². The zero-order valence-corrected chi connectivity index (χ0v) is 12.6. The van der Waals surface area contributed by atoms with Gasteiger partial charge in [-0.2, -0.15) is 0 Å². The number of nitrogens with one attached hydrogen (secondary N) is 1. The molecule has 0 radical (unpaired) electrons. The van der Waals surface area contributed by atoms with Crippen molar-refractivity contribution in [2.24, 2.45) is 5.41 Å². The number of ether oxygens (including phenoxy) is 1. The molecule has 2 N–H and O–H groups in total. The van der Waals surface area contributed by atoms with Gasteiger partial charge in [0.15, 0.2) is 0 Å². The predicted molar refractivity (Wildman–Crippen MR) is 72.5 cm³/mol. The Labute approximate surface area is 125 Å². The van der Waals surface area contributed by atoms with Gasteiger partial charge in [0.05, 0.1) is 28.7 Å². The number of halogens is 2. The van der Waals surface area contributed by atoms with Crippen LogP contribution in [0.5, 0.6) is 0 Å². The van der Waals surface area contributed by atoms with Crippen LogP contribution in [0.25, 0.3) is 0 Å². The molecule has 1 saturated heterocycles. The zero-order chi connectivity index (χ0) is 15.8. The fourth-order valence-electron chi connectivity index (χ4n) is 1.78. The lowest BCUT2D eigenvalue weighted by Gasteiger charge is -2.37. The first-order valence-corrected chi connectivity index (χ1v) is 7.80. The van der Waals surface area contributed by atoms with Crippen molar-refractivity contribution in [3.8, 4) is 0 Å². The molecule has 9 heteroatoms. The van der Waals surface area contributed by atoms with E-state index in [4.69, 9.17) is 21.4 Å². The van der Waals surface area contributed by atoms with Crippen LogP contribution in [-0.2, 0) is 14.8 Å². The zero-order valence-electron chi connectivity index (χ0n) is 11.0. The summed E-state index contributed by atoms with van der Waals surface area (Å²) in [7, 11) is -4.03. The molecule has 6 nitrogen and oxygen atoms in total. The minimum Gasteiger partial charge on any atom is -0.478 e. The summed E-state index contributed by atoms with van der Waals surface area (Å²) >= 11 is 5.50. The molecule has 1 fully saturated rings. The molecule has 21 heavy (non-hydrogen) atoms. The van der Waals surface area contributed by atoms with Gasteiger partial charge >= 0.3 is 5.97 Å². The van der Waals surface area contributed by atoms with Crippen LogP contribution in [0.3, 0.4) is 0 Å². The first-order chi connectivity index (χ1) is 9.65. The highest BCUT2D eigenvalue weighted by Crippen LogP contribution is 2.27. The molecule has 1 aromatic carbocycles. The van der Waals surface area contributed by atoms with Gasteiger partial charge in [0.25, 0.3) is 0 Å². The second kappa shape index (κ2) is 5.53. The van der Waals surface area contributed by atoms with E-state index < -0.39 is 37.3 Å². The van der Waals surface area contributed by atoms with E-state index in [0.717, 1.165) is 6.07 Å². The molecule has 0 atom stereocenters. The summed E-state index contributed by atoms with van der Waals surface area (Å²) in [5, 5.41) is 8.28. The molecule has 0 saturated carbocycles. The minimum atomic E-state index is -4.03. The van der Waals surface area contributed by atoms with E-state index in [1.807, 2.05) is 6.92 Å². The topological polar surface area (TPSA) is 92.7 Å². The first-order valence-electron chi connectivity index (χ1n) is 5.94. The molecule has 1 heterocycles. The largest absolute Gasteiger partial charge is 0.478 e. The maximum Gasteiger partial charge on any atom is 0.337 e. The fourth-order valence-corrected chi connectivity index (χ4v) is 3.21. The Bertz CT molecular complexity index is 687. The Morgan fingerprint density at radius 1 is 1.52 bits per heavy atom. The highest BCUT2D eigenvalue weighted by atomic mass is 35.5. The maximum absolute atomic E-state index is 13.6. The summed E-state index contributed by atoms with van der Waals surface area (Å²) < 4.78 is 45.1. The van der Waals surface area contributed by atoms with Gasteiger partial charge in [0.2, 0.25) is 10.0 Å². The lowest BCUT2D eigenvalue weighted by molar-refractivity contribution is -0.0965. The van der Waals surface area contributed by atoms with E-state index in [1.165, 1.54) is 0 Å². The number of carbonyl (C=O) groups is 1. The third kappa shape index (κ3) is 3.34. The van der Waals surface area contributed by atoms with E-state index >= 15 is 0 Å². The Morgan fingerprint density at radius 2 is 2.14 bits per heavy atom. The molecular weight excluding hydrogens is 325 g/mol. The Kier molecular flexibility index (Phi) is 4.25. The molecule has 0 bridgehead atoms. The maximum atomic E-state index is 13.6. The van der Waals surface area contributed by atoms with Gasteiger partial charge in [-0.25, -0.2) is 22.3 Å². The monoisotopic (exact) mass is 337 g/mol. The molecular formula is C12H13ClFNO5S. The molecule has 2 rings (SSSR count). The summed E-state index contributed by atoms with van der Waals surface area (Å²) in [5.74, 6) is -2.61. The standard InChI is InChI=1S/C12H13ClFNO5S/c1-12(5-20-6-12)4-15-21(18,19)7-2-8(11(16)17)10(13)9(14)3-7/h2-3,15H,4-6H2,1H3,(H,16,17). The average Bonchev–Trinajstić information content (AvgIpc) is 2.36. The second-order valence-corrected chi connectivity index (χ2v) is 7.34. The number of hydrogen-bond donors (Lipinski definition) is 2. The minimum absolute atomic E-state index is 0.113. The van der Waals surface area contributed by atoms with Crippen LogP contribution >= 0.6 is 11.6 Å². The van der Waals surface area contributed by atoms with Crippen molar-refractivity contribution in [1.82, 2.24) is 4.72 Å². The van der Waals surface area contributed by atoms with Gasteiger partial charge in [0.1, 0.15) is 5.82 Å². The number of sulfonamides is 1. The van der Waals surface area contributed by atoms with Crippen molar-refractivity contribution in [2.75, 3.05) is 19.8 Å². The smallest absolute Gasteiger partial charge is 0.337 e. The van der Waals surface area contributed by atoms with Crippen molar-refractivity contribution in [1.29, 1.82) is 0 Å². The number of benzene rings is 1. The lowest BCUT2D eigenvalue weighted by atomic mass is 9.89. The van der Waals surface area contributed by atoms with Crippen LogP contribution in [0.4, 0.5) is 4.39 Å². The van der Waals surface area contributed by atoms with E-state index in [2.05, 4.69) is 4.72 Å². The van der Waals surface area contributed by atoms with Gasteiger partial charge in [-0.05, 0) is 12.1 Å². The van der Waals surface area contributed by atoms with Crippen molar-refractivity contribution in [3.05, 3.63) is 28.5 Å². The van der Waals surface area contributed by atoms with Crippen molar-refractivity contribution in [2.45, 2.75) is 11.8 Å². The molecule has 116 valence electrons. The normalized spacial score (nSPS) is 17.3. The highest BCUT2D eigenvalue weighted by Gasteiger charge is 2.35. The molecule has 1 aliphatic heterocycles. The Balaban J connectivity index is 2.29. The van der Waals surface area contributed by atoms with E-state index in [9.17, 15) is 17.6 Å². The van der Waals surface area contributed by atoms with Crippen molar-refractivity contribution in [3.63, 3.8) is 0 Å². The molecule has 0 spiro atoms. The number of hydrogen-bond acceptors (Lipinski definition) is 4. The molecule has 0 aromatic heterocycles. The van der Waals surface area contributed by atoms with Gasteiger partial charge in [-0.1, -0.05) is 18.5 Å². The summed E-state index contributed by atoms with van der Waals surface area (Å²) in [4.78, 5) is 10.5. The second-order valence-electron chi connectivity index (χ2n) is 5.20. The first kappa shape index (κ1) is 16.2. The quantitative estimate of drug-likeness (QED) is 0.849. The third-order valence-corrected chi connectivity index (χ3v) is 4.90. The molecule has 0 amide bonds. The van der Waals surface area contributed by atoms with E-state index in [-0.39, 0.29) is 12.0 Å². The molecule has 1 aliphatic rings. The van der Waals surface area contributed by atoms with Crippen LogP contribution in [0, 0.1) is 11.2 Å². The Hall–Kier alpha value is -1.22. The van der Waals surface area contributed by atoms with E-state index in [1.54, 1.807) is 0 Å². The van der Waals surface area contributed by atoms with Crippen LogP contribution in [0.2, 0.25) is 5.02 Å². The van der Waals surface area contributed by atoms with Gasteiger partial charge in [0, 0.05) is 12.0 Å². The van der Waals surface area contributed by atoms with Crippen LogP contribution < -0.4 is 4.72 Å². The molecule has 0 aliphatic carbocycles. The van der Waals surface area contributed by atoms with Crippen LogP contribution in [0.1, 0.15) is 17.3 Å². The van der Waals surface area contributed by atoms with Gasteiger partial charge in [-0.3, -0.25) is 0 Å². The van der Waals surface area contributed by atoms with Crippen molar-refractivity contribution >= 4 is 27.6 Å². The summed E-state index contributed by atoms with van der Waals surface area (Å²) in [6, 6.07) is 1.52. The number of rotatable bonds is 5. The molecule has 0 unspecified atom stereocenters. The summed E-state index contributed by atoms with van der Waals surface area (Å²) in [5.41, 5.74) is -0.913. The SMILES string of the molecule is CC1(CNS(=O)(=O)c2cc(F)c(Cl)c(C(=O)O)c2)COC1. The molecule has 1 aromatic rings. The predicted octanol–water partition coefficient (Wildman–Crippen LogP) is 1.49. The van der Waals surface area contributed by atoms with Gasteiger partial charge in [-0.15, -0.1) is 0 Å². The van der Waals surface area contributed by atoms with Crippen LogP contribution in [-0.4, -0.2) is 39.3 Å². The number of aromatic carboxylic acids is 1. The summed E-state index contributed by atoms with van der Waals surface area (Å²) in [6.07, 6.45) is 0.